The molecule has 0 saturated carbocycles. The molecule has 0 aliphatic rings. The van der Waals surface area contributed by atoms with Crippen LogP contribution in [0.1, 0.15) is 33.1 Å². The molecular weight excluding hydrogens is 273 g/mol. The van der Waals surface area contributed by atoms with Gasteiger partial charge in [-0.3, -0.25) is 9.36 Å². The molecule has 1 amide bonds. The number of carbonyl (C=O) groups excluding carboxylic acids is 2. The van der Waals surface area contributed by atoms with Crippen LogP contribution in [0, 0.1) is 0 Å². The number of rotatable bonds is 8. The van der Waals surface area contributed by atoms with Crippen LogP contribution in [0.25, 0.3) is 0 Å². The summed E-state index contributed by atoms with van der Waals surface area (Å²) in [6.45, 7) is 4.78. The third kappa shape index (κ3) is 11.7. The zero-order valence-electron chi connectivity index (χ0n) is 11.5. The highest BCUT2D eigenvalue weighted by molar-refractivity contribution is 7.57. The van der Waals surface area contributed by atoms with Crippen LogP contribution in [0.15, 0.2) is 0 Å². The minimum Gasteiger partial charge on any atom is -0.425 e. The highest BCUT2D eigenvalue weighted by Gasteiger charge is 2.14. The molecule has 0 rings (SSSR count). The van der Waals surface area contributed by atoms with E-state index in [4.69, 9.17) is 14.4 Å². The summed E-state index contributed by atoms with van der Waals surface area (Å²) >= 11 is 0. The fraction of sp³-hybridized carbons (Fsp3) is 0.818. The van der Waals surface area contributed by atoms with Gasteiger partial charge in [-0.2, -0.15) is 0 Å². The standard InChI is InChI=1S/C11H22NO6P/c1-4-6-10(13)17-9(2)18-11(14)12-7-5-8-19(3,15)16/h9H,4-8H2,1-3H3,(H,12,14)(H,15,16). The van der Waals surface area contributed by atoms with Crippen molar-refractivity contribution in [2.24, 2.45) is 0 Å². The number of alkyl carbamates (subject to hydrolysis) is 1. The molecule has 0 aromatic rings. The van der Waals surface area contributed by atoms with E-state index in [1.54, 1.807) is 0 Å². The molecule has 0 bridgehead atoms. The molecule has 0 aromatic carbocycles. The summed E-state index contributed by atoms with van der Waals surface area (Å²) in [6.07, 6.45) is -0.222. The van der Waals surface area contributed by atoms with Gasteiger partial charge in [0.1, 0.15) is 0 Å². The SMILES string of the molecule is CCCC(=O)OC(C)OC(=O)NCCCP(C)(=O)O. The summed E-state index contributed by atoms with van der Waals surface area (Å²) in [5.41, 5.74) is 0. The Morgan fingerprint density at radius 1 is 1.37 bits per heavy atom. The second-order valence-corrected chi connectivity index (χ2v) is 6.82. The van der Waals surface area contributed by atoms with E-state index in [0.717, 1.165) is 0 Å². The average Bonchev–Trinajstić information content (AvgIpc) is 2.23. The molecule has 0 radical (unpaired) electrons. The van der Waals surface area contributed by atoms with Crippen LogP contribution in [0.3, 0.4) is 0 Å². The Morgan fingerprint density at radius 3 is 2.53 bits per heavy atom. The molecular formula is C11H22NO6P. The van der Waals surface area contributed by atoms with Crippen LogP contribution in [0.2, 0.25) is 0 Å². The van der Waals surface area contributed by atoms with Gasteiger partial charge in [-0.15, -0.1) is 0 Å². The Hall–Kier alpha value is -1.07. The van der Waals surface area contributed by atoms with Crippen molar-refractivity contribution < 1.29 is 28.5 Å². The van der Waals surface area contributed by atoms with E-state index in [1.165, 1.54) is 13.6 Å². The third-order valence-corrected chi connectivity index (χ3v) is 3.19. The molecule has 0 aliphatic heterocycles. The topological polar surface area (TPSA) is 102 Å². The molecule has 0 spiro atoms. The molecule has 0 saturated heterocycles. The van der Waals surface area contributed by atoms with Crippen LogP contribution >= 0.6 is 7.37 Å². The predicted octanol–water partition coefficient (Wildman–Crippen LogP) is 1.69. The first kappa shape index (κ1) is 17.9. The number of ether oxygens (including phenoxy) is 2. The first-order valence-electron chi connectivity index (χ1n) is 6.18. The van der Waals surface area contributed by atoms with Gasteiger partial charge in [0.2, 0.25) is 6.29 Å². The van der Waals surface area contributed by atoms with E-state index in [-0.39, 0.29) is 19.1 Å². The maximum atomic E-state index is 11.3. The van der Waals surface area contributed by atoms with Crippen LogP contribution in [-0.2, 0) is 18.8 Å². The van der Waals surface area contributed by atoms with Crippen LogP contribution < -0.4 is 5.32 Å². The lowest BCUT2D eigenvalue weighted by Crippen LogP contribution is -2.31. The van der Waals surface area contributed by atoms with Crippen molar-refractivity contribution >= 4 is 19.4 Å². The molecule has 0 aromatic heterocycles. The second kappa shape index (κ2) is 8.93. The largest absolute Gasteiger partial charge is 0.425 e. The first-order chi connectivity index (χ1) is 8.74. The van der Waals surface area contributed by atoms with Gasteiger partial charge in [-0.05, 0) is 12.8 Å². The van der Waals surface area contributed by atoms with Crippen molar-refractivity contribution in [2.75, 3.05) is 19.4 Å². The van der Waals surface area contributed by atoms with Crippen LogP contribution in [0.5, 0.6) is 0 Å². The number of hydrogen-bond acceptors (Lipinski definition) is 5. The van der Waals surface area contributed by atoms with E-state index >= 15 is 0 Å². The van der Waals surface area contributed by atoms with E-state index in [9.17, 15) is 14.2 Å². The first-order valence-corrected chi connectivity index (χ1v) is 8.47. The minimum absolute atomic E-state index is 0.133. The molecule has 8 heteroatoms. The molecule has 2 atom stereocenters. The molecule has 0 heterocycles. The number of hydrogen-bond donors (Lipinski definition) is 2. The Morgan fingerprint density at radius 2 is 2.00 bits per heavy atom. The van der Waals surface area contributed by atoms with Gasteiger partial charge in [0, 0.05) is 32.7 Å². The average molecular weight is 295 g/mol. The van der Waals surface area contributed by atoms with Gasteiger partial charge in [0.05, 0.1) is 0 Å². The zero-order valence-corrected chi connectivity index (χ0v) is 12.4. The van der Waals surface area contributed by atoms with Crippen molar-refractivity contribution in [1.82, 2.24) is 5.32 Å². The van der Waals surface area contributed by atoms with Gasteiger partial charge in [0.25, 0.3) is 0 Å². The van der Waals surface area contributed by atoms with Crippen molar-refractivity contribution in [3.05, 3.63) is 0 Å². The maximum absolute atomic E-state index is 11.3. The molecule has 19 heavy (non-hydrogen) atoms. The quantitative estimate of drug-likeness (QED) is 0.306. The second-order valence-electron chi connectivity index (χ2n) is 4.27. The number of nitrogens with one attached hydrogen (secondary N) is 1. The normalized spacial score (nSPS) is 15.2. The fourth-order valence-electron chi connectivity index (χ4n) is 1.23. The maximum Gasteiger partial charge on any atom is 0.410 e. The lowest BCUT2D eigenvalue weighted by atomic mass is 10.3. The molecule has 2 unspecified atom stereocenters. The lowest BCUT2D eigenvalue weighted by molar-refractivity contribution is -0.164. The molecule has 0 fully saturated rings. The Labute approximate surface area is 113 Å². The van der Waals surface area contributed by atoms with Gasteiger partial charge < -0.3 is 19.7 Å². The molecule has 2 N–H and O–H groups in total. The summed E-state index contributed by atoms with van der Waals surface area (Å²) in [5, 5.41) is 2.41. The highest BCUT2D eigenvalue weighted by Crippen LogP contribution is 2.35. The zero-order chi connectivity index (χ0) is 14.9. The van der Waals surface area contributed by atoms with Gasteiger partial charge in [-0.1, -0.05) is 6.92 Å². The number of carbonyl (C=O) groups is 2. The van der Waals surface area contributed by atoms with E-state index in [0.29, 0.717) is 12.8 Å². The third-order valence-electron chi connectivity index (χ3n) is 2.04. The van der Waals surface area contributed by atoms with E-state index in [2.05, 4.69) is 5.32 Å². The summed E-state index contributed by atoms with van der Waals surface area (Å²) < 4.78 is 20.6. The summed E-state index contributed by atoms with van der Waals surface area (Å²) in [7, 11) is -3.04. The van der Waals surface area contributed by atoms with E-state index < -0.39 is 25.7 Å². The number of esters is 1. The molecule has 7 nitrogen and oxygen atoms in total. The van der Waals surface area contributed by atoms with Crippen LogP contribution in [0.4, 0.5) is 4.79 Å². The smallest absolute Gasteiger partial charge is 0.410 e. The monoisotopic (exact) mass is 295 g/mol. The van der Waals surface area contributed by atoms with Crippen molar-refractivity contribution in [3.8, 4) is 0 Å². The molecule has 112 valence electrons. The van der Waals surface area contributed by atoms with Crippen molar-refractivity contribution in [3.63, 3.8) is 0 Å². The van der Waals surface area contributed by atoms with Gasteiger partial charge in [-0.25, -0.2) is 4.79 Å². The Balaban J connectivity index is 3.74. The summed E-state index contributed by atoms with van der Waals surface area (Å²) in [5.74, 6) is -0.421. The molecule has 0 aliphatic carbocycles. The predicted molar refractivity (Wildman–Crippen MR) is 70.2 cm³/mol. The minimum atomic E-state index is -3.04. The van der Waals surface area contributed by atoms with Gasteiger partial charge in [0.15, 0.2) is 7.37 Å². The lowest BCUT2D eigenvalue weighted by Gasteiger charge is -2.14. The number of amides is 1. The Bertz CT molecular complexity index is 340. The fourth-order valence-corrected chi connectivity index (χ4v) is 1.97. The van der Waals surface area contributed by atoms with Crippen molar-refractivity contribution in [2.45, 2.75) is 39.4 Å². The summed E-state index contributed by atoms with van der Waals surface area (Å²) in [6, 6.07) is 0. The summed E-state index contributed by atoms with van der Waals surface area (Å²) in [4.78, 5) is 31.4. The van der Waals surface area contributed by atoms with E-state index in [1.807, 2.05) is 6.92 Å². The van der Waals surface area contributed by atoms with Crippen molar-refractivity contribution in [1.29, 1.82) is 0 Å². The van der Waals surface area contributed by atoms with Crippen LogP contribution in [-0.4, -0.2) is 42.6 Å². The Kier molecular flexibility index (Phi) is 8.43. The van der Waals surface area contributed by atoms with Gasteiger partial charge >= 0.3 is 12.1 Å². The highest BCUT2D eigenvalue weighted by atomic mass is 31.2.